The molecule has 0 radical (unpaired) electrons. The number of guanidine groups is 1. The second-order valence-corrected chi connectivity index (χ2v) is 6.21. The van der Waals surface area contributed by atoms with Gasteiger partial charge in [-0.05, 0) is 43.7 Å². The molecule has 2 heterocycles. The Morgan fingerprint density at radius 1 is 1.24 bits per heavy atom. The van der Waals surface area contributed by atoms with Crippen molar-refractivity contribution in [2.24, 2.45) is 4.99 Å². The summed E-state index contributed by atoms with van der Waals surface area (Å²) in [4.78, 5) is 9.04. The lowest BCUT2D eigenvalue weighted by Crippen LogP contribution is -2.38. The molecule has 0 bridgehead atoms. The van der Waals surface area contributed by atoms with Gasteiger partial charge in [-0.1, -0.05) is 0 Å². The molecule has 9 heteroatoms. The van der Waals surface area contributed by atoms with E-state index < -0.39 is 0 Å². The van der Waals surface area contributed by atoms with Gasteiger partial charge in [-0.25, -0.2) is 9.37 Å². The highest BCUT2D eigenvalue weighted by Gasteiger charge is 2.07. The van der Waals surface area contributed by atoms with Gasteiger partial charge < -0.3 is 15.1 Å². The Balaban J connectivity index is 0.00000300. The molecule has 0 atom stereocenters. The summed E-state index contributed by atoms with van der Waals surface area (Å²) in [7, 11) is 0. The number of hydrogen-bond donors (Lipinski definition) is 2. The highest BCUT2D eigenvalue weighted by atomic mass is 127. The molecule has 0 fully saturated rings. The molecule has 0 aliphatic heterocycles. The number of nitrogens with zero attached hydrogens (tertiary/aromatic N) is 4. The molecular formula is C20H26FIN6O. The standard InChI is InChI=1S/C20H25FN6O.HI/c1-2-22-20(23-10-3-13-27-14-4-11-25-27)24-12-9-18-15-28-19(26-18)16-5-7-17(21)8-6-16;/h4-8,11,14-15H,2-3,9-10,12-13H2,1H3,(H2,22,23,24);1H. The van der Waals surface area contributed by atoms with Gasteiger partial charge in [-0.15, -0.1) is 24.0 Å². The fraction of sp³-hybridized carbons (Fsp3) is 0.350. The van der Waals surface area contributed by atoms with Crippen LogP contribution in [0.15, 0.2) is 58.4 Å². The monoisotopic (exact) mass is 512 g/mol. The van der Waals surface area contributed by atoms with Crippen LogP contribution >= 0.6 is 24.0 Å². The topological polar surface area (TPSA) is 80.3 Å². The Morgan fingerprint density at radius 2 is 2.07 bits per heavy atom. The van der Waals surface area contributed by atoms with E-state index in [1.165, 1.54) is 12.1 Å². The minimum Gasteiger partial charge on any atom is -0.444 e. The Hall–Kier alpha value is -2.43. The van der Waals surface area contributed by atoms with Gasteiger partial charge in [0.25, 0.3) is 0 Å². The van der Waals surface area contributed by atoms with Crippen molar-refractivity contribution >= 4 is 29.9 Å². The lowest BCUT2D eigenvalue weighted by atomic mass is 10.2. The van der Waals surface area contributed by atoms with Crippen LogP contribution in [0, 0.1) is 5.82 Å². The van der Waals surface area contributed by atoms with Crippen LogP contribution < -0.4 is 10.6 Å². The van der Waals surface area contributed by atoms with Crippen LogP contribution in [0.2, 0.25) is 0 Å². The summed E-state index contributed by atoms with van der Waals surface area (Å²) in [5, 5.41) is 10.7. The summed E-state index contributed by atoms with van der Waals surface area (Å²) in [6.45, 7) is 5.08. The van der Waals surface area contributed by atoms with Gasteiger partial charge in [-0.3, -0.25) is 9.67 Å². The Bertz CT molecular complexity index is 863. The molecule has 1 aromatic carbocycles. The molecule has 156 valence electrons. The highest BCUT2D eigenvalue weighted by Crippen LogP contribution is 2.18. The number of aryl methyl sites for hydroxylation is 1. The average Bonchev–Trinajstić information content (AvgIpc) is 3.38. The van der Waals surface area contributed by atoms with Crippen molar-refractivity contribution in [3.8, 4) is 11.5 Å². The molecule has 7 nitrogen and oxygen atoms in total. The van der Waals surface area contributed by atoms with E-state index in [9.17, 15) is 4.39 Å². The van der Waals surface area contributed by atoms with Crippen molar-refractivity contribution in [3.63, 3.8) is 0 Å². The fourth-order valence-electron chi connectivity index (χ4n) is 2.65. The first-order valence-corrected chi connectivity index (χ1v) is 9.44. The van der Waals surface area contributed by atoms with E-state index in [1.54, 1.807) is 24.6 Å². The van der Waals surface area contributed by atoms with E-state index in [-0.39, 0.29) is 29.8 Å². The molecular weight excluding hydrogens is 486 g/mol. The number of benzene rings is 1. The molecule has 2 aromatic heterocycles. The number of aromatic nitrogens is 3. The zero-order chi connectivity index (χ0) is 19.6. The van der Waals surface area contributed by atoms with Crippen LogP contribution in [0.3, 0.4) is 0 Å². The summed E-state index contributed by atoms with van der Waals surface area (Å²) >= 11 is 0. The maximum atomic E-state index is 13.0. The van der Waals surface area contributed by atoms with E-state index in [1.807, 2.05) is 23.9 Å². The third-order valence-electron chi connectivity index (χ3n) is 4.04. The molecule has 3 rings (SSSR count). The Kier molecular flexibility index (Phi) is 9.62. The van der Waals surface area contributed by atoms with Crippen molar-refractivity contribution < 1.29 is 8.81 Å². The molecule has 0 saturated heterocycles. The van der Waals surface area contributed by atoms with Crippen LogP contribution in [-0.4, -0.2) is 40.4 Å². The SMILES string of the molecule is CCNC(=NCCCn1cccn1)NCCc1coc(-c2ccc(F)cc2)n1.I. The summed E-state index contributed by atoms with van der Waals surface area (Å²) in [5.41, 5.74) is 1.59. The third-order valence-corrected chi connectivity index (χ3v) is 4.04. The van der Waals surface area contributed by atoms with E-state index in [4.69, 9.17) is 4.42 Å². The summed E-state index contributed by atoms with van der Waals surface area (Å²) < 4.78 is 20.4. The van der Waals surface area contributed by atoms with Gasteiger partial charge in [0.05, 0.1) is 5.69 Å². The smallest absolute Gasteiger partial charge is 0.226 e. The van der Waals surface area contributed by atoms with Crippen LogP contribution in [0.25, 0.3) is 11.5 Å². The predicted molar refractivity (Wildman–Crippen MR) is 122 cm³/mol. The van der Waals surface area contributed by atoms with Crippen molar-refractivity contribution in [2.45, 2.75) is 26.3 Å². The van der Waals surface area contributed by atoms with Gasteiger partial charge in [0.15, 0.2) is 5.96 Å². The predicted octanol–water partition coefficient (Wildman–Crippen LogP) is 3.48. The van der Waals surface area contributed by atoms with Crippen molar-refractivity contribution in [1.82, 2.24) is 25.4 Å². The zero-order valence-electron chi connectivity index (χ0n) is 16.3. The number of hydrogen-bond acceptors (Lipinski definition) is 4. The maximum absolute atomic E-state index is 13.0. The van der Waals surface area contributed by atoms with Crippen molar-refractivity contribution in [1.29, 1.82) is 0 Å². The first kappa shape index (κ1) is 22.9. The molecule has 0 amide bonds. The van der Waals surface area contributed by atoms with E-state index in [0.29, 0.717) is 25.4 Å². The zero-order valence-corrected chi connectivity index (χ0v) is 18.7. The van der Waals surface area contributed by atoms with Gasteiger partial charge in [0, 0.05) is 50.6 Å². The Labute approximate surface area is 186 Å². The summed E-state index contributed by atoms with van der Waals surface area (Å²) in [5.74, 6) is 0.999. The van der Waals surface area contributed by atoms with Gasteiger partial charge >= 0.3 is 0 Å². The number of aliphatic imine (C=N–C) groups is 1. The minimum absolute atomic E-state index is 0. The largest absolute Gasteiger partial charge is 0.444 e. The van der Waals surface area contributed by atoms with E-state index >= 15 is 0 Å². The molecule has 29 heavy (non-hydrogen) atoms. The molecule has 0 aliphatic carbocycles. The summed E-state index contributed by atoms with van der Waals surface area (Å²) in [6, 6.07) is 8.02. The van der Waals surface area contributed by atoms with E-state index in [2.05, 4.69) is 25.7 Å². The number of oxazole rings is 1. The maximum Gasteiger partial charge on any atom is 0.226 e. The second-order valence-electron chi connectivity index (χ2n) is 6.21. The normalized spacial score (nSPS) is 11.2. The molecule has 0 aliphatic rings. The molecule has 0 unspecified atom stereocenters. The Morgan fingerprint density at radius 3 is 2.79 bits per heavy atom. The van der Waals surface area contributed by atoms with Crippen molar-refractivity contribution in [2.75, 3.05) is 19.6 Å². The van der Waals surface area contributed by atoms with Crippen LogP contribution in [-0.2, 0) is 13.0 Å². The third kappa shape index (κ3) is 7.48. The van der Waals surface area contributed by atoms with Gasteiger partial charge in [0.1, 0.15) is 12.1 Å². The molecule has 3 aromatic rings. The second kappa shape index (κ2) is 12.2. The first-order chi connectivity index (χ1) is 13.7. The average molecular weight is 512 g/mol. The number of rotatable bonds is 9. The van der Waals surface area contributed by atoms with Crippen LogP contribution in [0.4, 0.5) is 4.39 Å². The first-order valence-electron chi connectivity index (χ1n) is 9.44. The van der Waals surface area contributed by atoms with Gasteiger partial charge in [0.2, 0.25) is 5.89 Å². The summed E-state index contributed by atoms with van der Waals surface area (Å²) in [6.07, 6.45) is 6.98. The molecule has 2 N–H and O–H groups in total. The minimum atomic E-state index is -0.278. The fourth-order valence-corrected chi connectivity index (χ4v) is 2.65. The van der Waals surface area contributed by atoms with E-state index in [0.717, 1.165) is 36.7 Å². The van der Waals surface area contributed by atoms with Gasteiger partial charge in [-0.2, -0.15) is 5.10 Å². The van der Waals surface area contributed by atoms with Crippen LogP contribution in [0.5, 0.6) is 0 Å². The number of halogens is 2. The lowest BCUT2D eigenvalue weighted by Gasteiger charge is -2.10. The van der Waals surface area contributed by atoms with Crippen LogP contribution in [0.1, 0.15) is 19.0 Å². The quantitative estimate of drug-likeness (QED) is 0.199. The van der Waals surface area contributed by atoms with Crippen molar-refractivity contribution in [3.05, 3.63) is 60.5 Å². The molecule has 0 saturated carbocycles. The lowest BCUT2D eigenvalue weighted by molar-refractivity contribution is 0.571. The molecule has 0 spiro atoms. The number of nitrogens with one attached hydrogen (secondary N) is 2. The highest BCUT2D eigenvalue weighted by molar-refractivity contribution is 14.0.